The first-order chi connectivity index (χ1) is 10.2. The van der Waals surface area contributed by atoms with Crippen LogP contribution in [0, 0.1) is 13.8 Å². The summed E-state index contributed by atoms with van der Waals surface area (Å²) in [6.07, 6.45) is 0. The van der Waals surface area contributed by atoms with Crippen LogP contribution < -0.4 is 14.8 Å². The first-order valence-electron chi connectivity index (χ1n) is 7.26. The van der Waals surface area contributed by atoms with Crippen molar-refractivity contribution in [3.63, 3.8) is 0 Å². The van der Waals surface area contributed by atoms with Gasteiger partial charge in [0.1, 0.15) is 0 Å². The Kier molecular flexibility index (Phi) is 5.09. The first kappa shape index (κ1) is 15.2. The lowest BCUT2D eigenvalue weighted by atomic mass is 10.1. The van der Waals surface area contributed by atoms with Crippen LogP contribution in [0.15, 0.2) is 36.4 Å². The maximum Gasteiger partial charge on any atom is 0.166 e. The molecule has 112 valence electrons. The average molecular weight is 285 g/mol. The maximum atomic E-state index is 5.74. The van der Waals surface area contributed by atoms with E-state index >= 15 is 0 Å². The molecule has 3 heteroatoms. The van der Waals surface area contributed by atoms with Gasteiger partial charge in [-0.2, -0.15) is 0 Å². The standard InChI is InChI=1S/C18H23NO2/c1-5-21-18-15(9-7-11-17(18)20-4)12-19-16-10-6-8-13(2)14(16)3/h6-11,19H,5,12H2,1-4H3. The summed E-state index contributed by atoms with van der Waals surface area (Å²) < 4.78 is 11.1. The molecule has 0 heterocycles. The predicted octanol–water partition coefficient (Wildman–Crippen LogP) is 4.32. The van der Waals surface area contributed by atoms with Crippen molar-refractivity contribution in [1.82, 2.24) is 0 Å². The Morgan fingerprint density at radius 2 is 1.81 bits per heavy atom. The van der Waals surface area contributed by atoms with Crippen LogP contribution in [0.5, 0.6) is 11.5 Å². The molecule has 0 aliphatic carbocycles. The van der Waals surface area contributed by atoms with Gasteiger partial charge in [-0.1, -0.05) is 24.3 Å². The van der Waals surface area contributed by atoms with Crippen molar-refractivity contribution in [3.8, 4) is 11.5 Å². The summed E-state index contributed by atoms with van der Waals surface area (Å²) in [4.78, 5) is 0. The molecule has 2 aromatic carbocycles. The van der Waals surface area contributed by atoms with Gasteiger partial charge in [0, 0.05) is 17.8 Å². The van der Waals surface area contributed by atoms with E-state index in [4.69, 9.17) is 9.47 Å². The van der Waals surface area contributed by atoms with Crippen molar-refractivity contribution in [1.29, 1.82) is 0 Å². The Balaban J connectivity index is 2.21. The molecule has 0 bridgehead atoms. The zero-order valence-electron chi connectivity index (χ0n) is 13.2. The minimum atomic E-state index is 0.622. The van der Waals surface area contributed by atoms with Gasteiger partial charge in [0.25, 0.3) is 0 Å². The average Bonchev–Trinajstić information content (AvgIpc) is 2.50. The summed E-state index contributed by atoms with van der Waals surface area (Å²) in [6, 6.07) is 12.3. The predicted molar refractivity (Wildman–Crippen MR) is 87.4 cm³/mol. The van der Waals surface area contributed by atoms with E-state index in [0.29, 0.717) is 13.2 Å². The second-order valence-electron chi connectivity index (χ2n) is 4.98. The Hall–Kier alpha value is -2.16. The minimum absolute atomic E-state index is 0.622. The number of benzene rings is 2. The number of para-hydroxylation sites is 1. The van der Waals surface area contributed by atoms with Crippen LogP contribution in [0.4, 0.5) is 5.69 Å². The molecule has 0 aliphatic heterocycles. The summed E-state index contributed by atoms with van der Waals surface area (Å²) in [5.74, 6) is 1.59. The third-order valence-corrected chi connectivity index (χ3v) is 3.64. The lowest BCUT2D eigenvalue weighted by molar-refractivity contribution is 0.308. The molecular weight excluding hydrogens is 262 g/mol. The largest absolute Gasteiger partial charge is 0.493 e. The van der Waals surface area contributed by atoms with E-state index in [2.05, 4.69) is 43.4 Å². The van der Waals surface area contributed by atoms with Crippen molar-refractivity contribution in [2.24, 2.45) is 0 Å². The van der Waals surface area contributed by atoms with Gasteiger partial charge in [-0.15, -0.1) is 0 Å². The van der Waals surface area contributed by atoms with Gasteiger partial charge < -0.3 is 14.8 Å². The van der Waals surface area contributed by atoms with Gasteiger partial charge in [0.2, 0.25) is 0 Å². The quantitative estimate of drug-likeness (QED) is 0.857. The van der Waals surface area contributed by atoms with Gasteiger partial charge in [0.15, 0.2) is 11.5 Å². The van der Waals surface area contributed by atoms with E-state index in [9.17, 15) is 0 Å². The Morgan fingerprint density at radius 1 is 1.05 bits per heavy atom. The number of rotatable bonds is 6. The van der Waals surface area contributed by atoms with E-state index in [-0.39, 0.29) is 0 Å². The highest BCUT2D eigenvalue weighted by atomic mass is 16.5. The molecule has 2 aromatic rings. The van der Waals surface area contributed by atoms with Crippen molar-refractivity contribution in [2.45, 2.75) is 27.3 Å². The summed E-state index contributed by atoms with van der Waals surface area (Å²) in [5.41, 5.74) is 4.81. The molecular formula is C18H23NO2. The number of hydrogen-bond acceptors (Lipinski definition) is 3. The van der Waals surface area contributed by atoms with E-state index in [1.807, 2.05) is 19.1 Å². The summed E-state index contributed by atoms with van der Waals surface area (Å²) in [7, 11) is 1.67. The number of methoxy groups -OCH3 is 1. The highest BCUT2D eigenvalue weighted by molar-refractivity contribution is 5.55. The molecule has 0 saturated heterocycles. The summed E-state index contributed by atoms with van der Waals surface area (Å²) in [6.45, 7) is 7.56. The van der Waals surface area contributed by atoms with E-state index < -0.39 is 0 Å². The molecule has 0 fully saturated rings. The number of anilines is 1. The molecule has 0 aromatic heterocycles. The fourth-order valence-corrected chi connectivity index (χ4v) is 2.30. The van der Waals surface area contributed by atoms with Crippen molar-refractivity contribution < 1.29 is 9.47 Å². The summed E-state index contributed by atoms with van der Waals surface area (Å²) in [5, 5.41) is 3.48. The molecule has 0 unspecified atom stereocenters. The molecule has 2 rings (SSSR count). The SMILES string of the molecule is CCOc1c(CNc2cccc(C)c2C)cccc1OC. The molecule has 0 amide bonds. The first-order valence-corrected chi connectivity index (χ1v) is 7.26. The number of aryl methyl sites for hydroxylation is 1. The van der Waals surface area contributed by atoms with Crippen LogP contribution in [0.25, 0.3) is 0 Å². The lowest BCUT2D eigenvalue weighted by Crippen LogP contribution is -2.05. The number of nitrogens with one attached hydrogen (secondary N) is 1. The van der Waals surface area contributed by atoms with Crippen LogP contribution in [-0.4, -0.2) is 13.7 Å². The maximum absolute atomic E-state index is 5.74. The molecule has 0 aliphatic rings. The van der Waals surface area contributed by atoms with Crippen LogP contribution in [0.3, 0.4) is 0 Å². The Bertz CT molecular complexity index is 608. The fraction of sp³-hybridized carbons (Fsp3) is 0.333. The van der Waals surface area contributed by atoms with E-state index in [0.717, 1.165) is 22.7 Å². The van der Waals surface area contributed by atoms with Crippen LogP contribution in [0.1, 0.15) is 23.6 Å². The normalized spacial score (nSPS) is 10.3. The molecule has 0 radical (unpaired) electrons. The van der Waals surface area contributed by atoms with Crippen molar-refractivity contribution in [2.75, 3.05) is 19.0 Å². The third-order valence-electron chi connectivity index (χ3n) is 3.64. The Morgan fingerprint density at radius 3 is 2.52 bits per heavy atom. The Labute approximate surface area is 126 Å². The molecule has 21 heavy (non-hydrogen) atoms. The monoisotopic (exact) mass is 285 g/mol. The number of ether oxygens (including phenoxy) is 2. The van der Waals surface area contributed by atoms with Crippen molar-refractivity contribution in [3.05, 3.63) is 53.1 Å². The minimum Gasteiger partial charge on any atom is -0.493 e. The highest BCUT2D eigenvalue weighted by Crippen LogP contribution is 2.32. The third kappa shape index (κ3) is 3.48. The van der Waals surface area contributed by atoms with Crippen LogP contribution in [-0.2, 0) is 6.54 Å². The van der Waals surface area contributed by atoms with Crippen molar-refractivity contribution >= 4 is 5.69 Å². The van der Waals surface area contributed by atoms with Gasteiger partial charge in [-0.3, -0.25) is 0 Å². The van der Waals surface area contributed by atoms with Crippen LogP contribution >= 0.6 is 0 Å². The lowest BCUT2D eigenvalue weighted by Gasteiger charge is -2.16. The number of hydrogen-bond donors (Lipinski definition) is 1. The smallest absolute Gasteiger partial charge is 0.166 e. The van der Waals surface area contributed by atoms with Gasteiger partial charge in [-0.25, -0.2) is 0 Å². The second kappa shape index (κ2) is 7.02. The molecule has 1 N–H and O–H groups in total. The molecule has 0 saturated carbocycles. The van der Waals surface area contributed by atoms with Gasteiger partial charge in [0.05, 0.1) is 13.7 Å². The molecule has 0 spiro atoms. The topological polar surface area (TPSA) is 30.5 Å². The van der Waals surface area contributed by atoms with Gasteiger partial charge >= 0.3 is 0 Å². The molecule has 3 nitrogen and oxygen atoms in total. The zero-order chi connectivity index (χ0) is 15.2. The second-order valence-corrected chi connectivity index (χ2v) is 4.98. The zero-order valence-corrected chi connectivity index (χ0v) is 13.2. The fourth-order valence-electron chi connectivity index (χ4n) is 2.30. The highest BCUT2D eigenvalue weighted by Gasteiger charge is 2.10. The molecule has 0 atom stereocenters. The van der Waals surface area contributed by atoms with Gasteiger partial charge in [-0.05, 0) is 44.0 Å². The summed E-state index contributed by atoms with van der Waals surface area (Å²) >= 11 is 0. The van der Waals surface area contributed by atoms with E-state index in [1.54, 1.807) is 7.11 Å². The van der Waals surface area contributed by atoms with Crippen LogP contribution in [0.2, 0.25) is 0 Å². The van der Waals surface area contributed by atoms with E-state index in [1.165, 1.54) is 11.1 Å².